The van der Waals surface area contributed by atoms with Gasteiger partial charge in [-0.3, -0.25) is 0 Å². The maximum Gasteiger partial charge on any atom is 0.186 e. The maximum atomic E-state index is 10.5. The average molecular weight is 374 g/mol. The third-order valence-electron chi connectivity index (χ3n) is 4.55. The summed E-state index contributed by atoms with van der Waals surface area (Å²) in [5, 5.41) is 20.7. The van der Waals surface area contributed by atoms with Crippen LogP contribution in [0.2, 0.25) is 0 Å². The van der Waals surface area contributed by atoms with Gasteiger partial charge in [0, 0.05) is 7.11 Å². The second-order valence-corrected chi connectivity index (χ2v) is 6.52. The molecular weight excluding hydrogens is 348 g/mol. The molecule has 0 saturated carbocycles. The van der Waals surface area contributed by atoms with Gasteiger partial charge in [0.2, 0.25) is 0 Å². The first-order valence-corrected chi connectivity index (χ1v) is 9.00. The van der Waals surface area contributed by atoms with Crippen LogP contribution in [0, 0.1) is 0 Å². The van der Waals surface area contributed by atoms with Crippen LogP contribution in [-0.2, 0) is 32.2 Å². The standard InChI is InChI=1S/C21H26O6/c1-24-21-19(23)18(22)20(26-13-16-10-6-3-7-11-16)17(27-21)14-25-12-15-8-4-2-5-9-15/h2-11,17-23H,12-14H2,1H3/t17-,18-,19+,20+,21+/m1/s1. The summed E-state index contributed by atoms with van der Waals surface area (Å²) in [4.78, 5) is 0. The number of hydrogen-bond donors (Lipinski definition) is 2. The molecule has 1 aliphatic heterocycles. The van der Waals surface area contributed by atoms with E-state index in [9.17, 15) is 10.2 Å². The molecule has 27 heavy (non-hydrogen) atoms. The van der Waals surface area contributed by atoms with Gasteiger partial charge in [-0.15, -0.1) is 0 Å². The van der Waals surface area contributed by atoms with Crippen molar-refractivity contribution in [3.63, 3.8) is 0 Å². The van der Waals surface area contributed by atoms with Crippen LogP contribution in [0.15, 0.2) is 60.7 Å². The second-order valence-electron chi connectivity index (χ2n) is 6.52. The van der Waals surface area contributed by atoms with Crippen LogP contribution < -0.4 is 0 Å². The summed E-state index contributed by atoms with van der Waals surface area (Å²) >= 11 is 0. The van der Waals surface area contributed by atoms with Crippen molar-refractivity contribution in [3.05, 3.63) is 71.8 Å². The molecule has 0 unspecified atom stereocenters. The molecule has 0 spiro atoms. The Morgan fingerprint density at radius 2 is 1.44 bits per heavy atom. The average Bonchev–Trinajstić information content (AvgIpc) is 2.71. The van der Waals surface area contributed by atoms with Crippen molar-refractivity contribution in [2.45, 2.75) is 43.9 Å². The molecule has 146 valence electrons. The molecule has 2 N–H and O–H groups in total. The summed E-state index contributed by atoms with van der Waals surface area (Å²) in [5.41, 5.74) is 2.01. The predicted molar refractivity (Wildman–Crippen MR) is 98.8 cm³/mol. The minimum absolute atomic E-state index is 0.206. The zero-order valence-electron chi connectivity index (χ0n) is 15.3. The van der Waals surface area contributed by atoms with Crippen molar-refractivity contribution in [1.82, 2.24) is 0 Å². The minimum Gasteiger partial charge on any atom is -0.387 e. The van der Waals surface area contributed by atoms with E-state index in [0.29, 0.717) is 13.2 Å². The molecule has 0 aromatic heterocycles. The number of methoxy groups -OCH3 is 1. The van der Waals surface area contributed by atoms with Crippen molar-refractivity contribution in [3.8, 4) is 0 Å². The molecule has 0 radical (unpaired) electrons. The predicted octanol–water partition coefficient (Wildman–Crippen LogP) is 1.88. The van der Waals surface area contributed by atoms with Gasteiger partial charge in [0.25, 0.3) is 0 Å². The third kappa shape index (κ3) is 5.35. The molecular formula is C21H26O6. The van der Waals surface area contributed by atoms with Crippen LogP contribution in [0.1, 0.15) is 11.1 Å². The highest BCUT2D eigenvalue weighted by molar-refractivity contribution is 5.14. The Hall–Kier alpha value is -1.80. The molecule has 0 amide bonds. The van der Waals surface area contributed by atoms with Crippen LogP contribution in [0.3, 0.4) is 0 Å². The summed E-state index contributed by atoms with van der Waals surface area (Å²) in [6.07, 6.45) is -4.57. The van der Waals surface area contributed by atoms with Gasteiger partial charge >= 0.3 is 0 Å². The van der Waals surface area contributed by atoms with Gasteiger partial charge in [0.15, 0.2) is 6.29 Å². The molecule has 1 saturated heterocycles. The van der Waals surface area contributed by atoms with E-state index >= 15 is 0 Å². The molecule has 3 rings (SSSR count). The largest absolute Gasteiger partial charge is 0.387 e. The van der Waals surface area contributed by atoms with E-state index in [1.165, 1.54) is 7.11 Å². The zero-order valence-corrected chi connectivity index (χ0v) is 15.3. The Morgan fingerprint density at radius 3 is 2.04 bits per heavy atom. The van der Waals surface area contributed by atoms with E-state index in [0.717, 1.165) is 11.1 Å². The molecule has 6 nitrogen and oxygen atoms in total. The van der Waals surface area contributed by atoms with Gasteiger partial charge in [-0.2, -0.15) is 0 Å². The highest BCUT2D eigenvalue weighted by atomic mass is 16.7. The number of ether oxygens (including phenoxy) is 4. The summed E-state index contributed by atoms with van der Waals surface area (Å²) < 4.78 is 22.6. The van der Waals surface area contributed by atoms with E-state index in [-0.39, 0.29) is 6.61 Å². The Bertz CT molecular complexity index is 665. The van der Waals surface area contributed by atoms with E-state index in [4.69, 9.17) is 18.9 Å². The Balaban J connectivity index is 1.62. The molecule has 1 heterocycles. The van der Waals surface area contributed by atoms with Crippen LogP contribution >= 0.6 is 0 Å². The highest BCUT2D eigenvalue weighted by Gasteiger charge is 2.45. The summed E-state index contributed by atoms with van der Waals surface area (Å²) in [5.74, 6) is 0. The number of hydrogen-bond acceptors (Lipinski definition) is 6. The quantitative estimate of drug-likeness (QED) is 0.735. The number of rotatable bonds is 8. The van der Waals surface area contributed by atoms with Crippen molar-refractivity contribution >= 4 is 0 Å². The molecule has 0 aliphatic carbocycles. The van der Waals surface area contributed by atoms with E-state index in [1.54, 1.807) is 0 Å². The van der Waals surface area contributed by atoms with Crippen molar-refractivity contribution in [2.24, 2.45) is 0 Å². The van der Waals surface area contributed by atoms with Gasteiger partial charge in [0.1, 0.15) is 24.4 Å². The van der Waals surface area contributed by atoms with Crippen LogP contribution in [0.5, 0.6) is 0 Å². The lowest BCUT2D eigenvalue weighted by Crippen LogP contribution is -2.60. The van der Waals surface area contributed by atoms with E-state index in [1.807, 2.05) is 60.7 Å². The smallest absolute Gasteiger partial charge is 0.186 e. The molecule has 2 aromatic carbocycles. The molecule has 0 bridgehead atoms. The lowest BCUT2D eigenvalue weighted by Gasteiger charge is -2.41. The molecule has 6 heteroatoms. The van der Waals surface area contributed by atoms with Gasteiger partial charge in [-0.05, 0) is 11.1 Å². The second kappa shape index (κ2) is 9.94. The fourth-order valence-corrected chi connectivity index (χ4v) is 3.07. The Kier molecular flexibility index (Phi) is 7.34. The highest BCUT2D eigenvalue weighted by Crippen LogP contribution is 2.25. The summed E-state index contributed by atoms with van der Waals surface area (Å²) in [7, 11) is 1.42. The topological polar surface area (TPSA) is 77.4 Å². The first kappa shape index (κ1) is 19.9. The lowest BCUT2D eigenvalue weighted by molar-refractivity contribution is -0.305. The lowest BCUT2D eigenvalue weighted by atomic mass is 9.99. The Morgan fingerprint density at radius 1 is 0.852 bits per heavy atom. The van der Waals surface area contributed by atoms with Crippen LogP contribution in [0.4, 0.5) is 0 Å². The Labute approximate surface area is 159 Å². The van der Waals surface area contributed by atoms with E-state index < -0.39 is 30.7 Å². The fourth-order valence-electron chi connectivity index (χ4n) is 3.07. The number of benzene rings is 2. The summed E-state index contributed by atoms with van der Waals surface area (Å²) in [6.45, 7) is 0.922. The van der Waals surface area contributed by atoms with Gasteiger partial charge in [0.05, 0.1) is 19.8 Å². The first-order chi connectivity index (χ1) is 13.2. The molecule has 1 aliphatic rings. The fraction of sp³-hybridized carbons (Fsp3) is 0.429. The monoisotopic (exact) mass is 374 g/mol. The van der Waals surface area contributed by atoms with Gasteiger partial charge < -0.3 is 29.2 Å². The zero-order chi connectivity index (χ0) is 19.1. The minimum atomic E-state index is -1.19. The van der Waals surface area contributed by atoms with Crippen molar-refractivity contribution in [2.75, 3.05) is 13.7 Å². The van der Waals surface area contributed by atoms with Crippen LogP contribution in [0.25, 0.3) is 0 Å². The van der Waals surface area contributed by atoms with Crippen LogP contribution in [-0.4, -0.2) is 54.6 Å². The number of aliphatic hydroxyl groups excluding tert-OH is 2. The first-order valence-electron chi connectivity index (χ1n) is 9.00. The molecule has 2 aromatic rings. The van der Waals surface area contributed by atoms with Crippen molar-refractivity contribution < 1.29 is 29.2 Å². The number of aliphatic hydroxyl groups is 2. The summed E-state index contributed by atoms with van der Waals surface area (Å²) in [6, 6.07) is 19.4. The third-order valence-corrected chi connectivity index (χ3v) is 4.55. The van der Waals surface area contributed by atoms with Gasteiger partial charge in [-0.25, -0.2) is 0 Å². The van der Waals surface area contributed by atoms with E-state index in [2.05, 4.69) is 0 Å². The SMILES string of the molecule is CO[C@H]1O[C@H](COCc2ccccc2)[C@H](OCc2ccccc2)[C@H](O)[C@@H]1O. The normalized spacial score (nSPS) is 28.2. The van der Waals surface area contributed by atoms with Crippen molar-refractivity contribution in [1.29, 1.82) is 0 Å². The molecule has 5 atom stereocenters. The maximum absolute atomic E-state index is 10.5. The van der Waals surface area contributed by atoms with Gasteiger partial charge in [-0.1, -0.05) is 60.7 Å². The molecule has 1 fully saturated rings.